The number of nitrogens with one attached hydrogen (secondary N) is 1. The minimum Gasteiger partial charge on any atom is -0.481 e. The Morgan fingerprint density at radius 1 is 1.33 bits per heavy atom. The van der Waals surface area contributed by atoms with E-state index in [0.717, 1.165) is 6.54 Å². The van der Waals surface area contributed by atoms with Gasteiger partial charge in [-0.3, -0.25) is 4.79 Å². The minimum atomic E-state index is -0.791. The highest BCUT2D eigenvalue weighted by atomic mass is 16.4. The predicted molar refractivity (Wildman–Crippen MR) is 67.3 cm³/mol. The summed E-state index contributed by atoms with van der Waals surface area (Å²) >= 11 is 0. The Balaban J connectivity index is 1.72. The fourth-order valence-electron chi connectivity index (χ4n) is 2.66. The second-order valence-corrected chi connectivity index (χ2v) is 5.78. The Kier molecular flexibility index (Phi) is 3.78. The lowest BCUT2D eigenvalue weighted by molar-refractivity contribution is -0.143. The summed E-state index contributed by atoms with van der Waals surface area (Å²) < 4.78 is 0. The van der Waals surface area contributed by atoms with Gasteiger partial charge in [-0.1, -0.05) is 12.8 Å². The molecular weight excluding hydrogens is 232 g/mol. The molecule has 0 radical (unpaired) electrons. The molecule has 0 unspecified atom stereocenters. The smallest absolute Gasteiger partial charge is 0.317 e. The summed E-state index contributed by atoms with van der Waals surface area (Å²) in [5.41, 5.74) is -0.677. The Labute approximate surface area is 108 Å². The SMILES string of the molecule is CN(CC1CCCC1)C(=O)NCC1(C(=O)O)CC1. The topological polar surface area (TPSA) is 69.6 Å². The molecule has 2 fully saturated rings. The van der Waals surface area contributed by atoms with Crippen LogP contribution in [0.15, 0.2) is 0 Å². The van der Waals surface area contributed by atoms with Crippen molar-refractivity contribution < 1.29 is 14.7 Å². The molecule has 2 saturated carbocycles. The molecule has 2 aliphatic rings. The quantitative estimate of drug-likeness (QED) is 0.784. The van der Waals surface area contributed by atoms with Gasteiger partial charge in [-0.2, -0.15) is 0 Å². The average Bonchev–Trinajstić information content (AvgIpc) is 2.97. The van der Waals surface area contributed by atoms with Gasteiger partial charge < -0.3 is 15.3 Å². The van der Waals surface area contributed by atoms with E-state index in [4.69, 9.17) is 5.11 Å². The molecule has 2 N–H and O–H groups in total. The van der Waals surface area contributed by atoms with Gasteiger partial charge in [-0.05, 0) is 31.6 Å². The van der Waals surface area contributed by atoms with Crippen molar-refractivity contribution in [3.05, 3.63) is 0 Å². The van der Waals surface area contributed by atoms with Crippen LogP contribution in [0, 0.1) is 11.3 Å². The first-order chi connectivity index (χ1) is 8.53. The van der Waals surface area contributed by atoms with Crippen LogP contribution >= 0.6 is 0 Å². The molecule has 5 nitrogen and oxygen atoms in total. The Morgan fingerprint density at radius 2 is 1.94 bits per heavy atom. The van der Waals surface area contributed by atoms with E-state index >= 15 is 0 Å². The number of hydrogen-bond acceptors (Lipinski definition) is 2. The molecular formula is C13H22N2O3. The third-order valence-electron chi connectivity index (χ3n) is 4.24. The van der Waals surface area contributed by atoms with Crippen molar-refractivity contribution in [3.63, 3.8) is 0 Å². The number of amides is 2. The standard InChI is InChI=1S/C13H22N2O3/c1-15(8-10-4-2-3-5-10)12(18)14-9-13(6-7-13)11(16)17/h10H,2-9H2,1H3,(H,14,18)(H,16,17). The van der Waals surface area contributed by atoms with Crippen molar-refractivity contribution in [1.29, 1.82) is 0 Å². The van der Waals surface area contributed by atoms with Gasteiger partial charge in [0.1, 0.15) is 0 Å². The van der Waals surface area contributed by atoms with Crippen molar-refractivity contribution in [3.8, 4) is 0 Å². The zero-order chi connectivity index (χ0) is 13.2. The molecule has 0 aliphatic heterocycles. The molecule has 2 amide bonds. The predicted octanol–water partition coefficient (Wildman–Crippen LogP) is 1.68. The van der Waals surface area contributed by atoms with Gasteiger partial charge in [0, 0.05) is 20.1 Å². The third-order valence-corrected chi connectivity index (χ3v) is 4.24. The molecule has 102 valence electrons. The van der Waals surface area contributed by atoms with Crippen molar-refractivity contribution in [1.82, 2.24) is 10.2 Å². The number of carbonyl (C=O) groups excluding carboxylic acids is 1. The number of hydrogen-bond donors (Lipinski definition) is 2. The number of carboxylic acid groups (broad SMARTS) is 1. The molecule has 0 bridgehead atoms. The number of nitrogens with zero attached hydrogens (tertiary/aromatic N) is 1. The summed E-state index contributed by atoms with van der Waals surface area (Å²) in [5.74, 6) is -0.170. The van der Waals surface area contributed by atoms with Crippen LogP contribution in [0.3, 0.4) is 0 Å². The summed E-state index contributed by atoms with van der Waals surface area (Å²) in [7, 11) is 1.79. The molecule has 0 aromatic rings. The summed E-state index contributed by atoms with van der Waals surface area (Å²) in [4.78, 5) is 24.5. The van der Waals surface area contributed by atoms with Crippen LogP contribution in [-0.2, 0) is 4.79 Å². The van der Waals surface area contributed by atoms with Gasteiger partial charge in [0.15, 0.2) is 0 Å². The molecule has 0 aromatic carbocycles. The van der Waals surface area contributed by atoms with E-state index in [1.54, 1.807) is 11.9 Å². The van der Waals surface area contributed by atoms with E-state index in [2.05, 4.69) is 5.32 Å². The van der Waals surface area contributed by atoms with Gasteiger partial charge >= 0.3 is 12.0 Å². The Morgan fingerprint density at radius 3 is 2.44 bits per heavy atom. The molecule has 18 heavy (non-hydrogen) atoms. The minimum absolute atomic E-state index is 0.144. The molecule has 5 heteroatoms. The Hall–Kier alpha value is -1.26. The van der Waals surface area contributed by atoms with Gasteiger partial charge in [0.05, 0.1) is 5.41 Å². The lowest BCUT2D eigenvalue weighted by Crippen LogP contribution is -2.43. The van der Waals surface area contributed by atoms with Gasteiger partial charge in [-0.25, -0.2) is 4.79 Å². The zero-order valence-corrected chi connectivity index (χ0v) is 10.9. The molecule has 0 saturated heterocycles. The normalized spacial score (nSPS) is 21.6. The van der Waals surface area contributed by atoms with Crippen LogP contribution in [0.25, 0.3) is 0 Å². The van der Waals surface area contributed by atoms with E-state index < -0.39 is 11.4 Å². The first kappa shape index (κ1) is 13.2. The van der Waals surface area contributed by atoms with Crippen molar-refractivity contribution in [2.45, 2.75) is 38.5 Å². The van der Waals surface area contributed by atoms with Gasteiger partial charge in [0.25, 0.3) is 0 Å². The highest BCUT2D eigenvalue weighted by Gasteiger charge is 2.50. The highest BCUT2D eigenvalue weighted by Crippen LogP contribution is 2.45. The molecule has 0 spiro atoms. The Bertz CT molecular complexity index is 333. The van der Waals surface area contributed by atoms with E-state index in [0.29, 0.717) is 18.8 Å². The highest BCUT2D eigenvalue weighted by molar-refractivity contribution is 5.80. The number of carbonyl (C=O) groups is 2. The van der Waals surface area contributed by atoms with Gasteiger partial charge in [0.2, 0.25) is 0 Å². The average molecular weight is 254 g/mol. The molecule has 0 heterocycles. The maximum Gasteiger partial charge on any atom is 0.317 e. The van der Waals surface area contributed by atoms with Crippen LogP contribution in [0.5, 0.6) is 0 Å². The summed E-state index contributed by atoms with van der Waals surface area (Å²) in [6.07, 6.45) is 6.29. The summed E-state index contributed by atoms with van der Waals surface area (Å²) in [5, 5.41) is 11.8. The zero-order valence-electron chi connectivity index (χ0n) is 10.9. The number of carboxylic acids is 1. The van der Waals surface area contributed by atoms with E-state index in [1.165, 1.54) is 25.7 Å². The molecule has 2 aliphatic carbocycles. The van der Waals surface area contributed by atoms with E-state index in [-0.39, 0.29) is 12.6 Å². The van der Waals surface area contributed by atoms with Crippen LogP contribution in [0.1, 0.15) is 38.5 Å². The fraction of sp³-hybridized carbons (Fsp3) is 0.846. The first-order valence-corrected chi connectivity index (χ1v) is 6.76. The van der Waals surface area contributed by atoms with Crippen LogP contribution in [0.2, 0.25) is 0 Å². The van der Waals surface area contributed by atoms with E-state index in [1.807, 2.05) is 0 Å². The molecule has 0 aromatic heterocycles. The first-order valence-electron chi connectivity index (χ1n) is 6.76. The van der Waals surface area contributed by atoms with E-state index in [9.17, 15) is 9.59 Å². The molecule has 0 atom stereocenters. The number of urea groups is 1. The lowest BCUT2D eigenvalue weighted by Gasteiger charge is -2.22. The second-order valence-electron chi connectivity index (χ2n) is 5.78. The largest absolute Gasteiger partial charge is 0.481 e. The van der Waals surface area contributed by atoms with Crippen molar-refractivity contribution in [2.24, 2.45) is 11.3 Å². The van der Waals surface area contributed by atoms with Crippen molar-refractivity contribution >= 4 is 12.0 Å². The molecule has 2 rings (SSSR count). The summed E-state index contributed by atoms with van der Waals surface area (Å²) in [6, 6.07) is -0.144. The van der Waals surface area contributed by atoms with Crippen molar-refractivity contribution in [2.75, 3.05) is 20.1 Å². The lowest BCUT2D eigenvalue weighted by atomic mass is 10.1. The number of aliphatic carboxylic acids is 1. The fourth-order valence-corrected chi connectivity index (χ4v) is 2.66. The summed E-state index contributed by atoms with van der Waals surface area (Å²) in [6.45, 7) is 1.04. The van der Waals surface area contributed by atoms with Crippen LogP contribution < -0.4 is 5.32 Å². The van der Waals surface area contributed by atoms with Crippen LogP contribution in [-0.4, -0.2) is 42.1 Å². The number of rotatable bonds is 5. The maximum atomic E-state index is 11.8. The third kappa shape index (κ3) is 2.94. The van der Waals surface area contributed by atoms with Crippen LogP contribution in [0.4, 0.5) is 4.79 Å². The second kappa shape index (κ2) is 5.16. The monoisotopic (exact) mass is 254 g/mol. The van der Waals surface area contributed by atoms with Gasteiger partial charge in [-0.15, -0.1) is 0 Å². The maximum absolute atomic E-state index is 11.8.